The summed E-state index contributed by atoms with van der Waals surface area (Å²) in [5.74, 6) is 0.473. The van der Waals surface area contributed by atoms with Gasteiger partial charge in [0.15, 0.2) is 9.84 Å². The van der Waals surface area contributed by atoms with Crippen LogP contribution in [0.5, 0.6) is 0 Å². The van der Waals surface area contributed by atoms with E-state index in [0.29, 0.717) is 10.8 Å². The fraction of sp³-hybridized carbons (Fsp3) is 0.571. The molecule has 108 valence electrons. The summed E-state index contributed by atoms with van der Waals surface area (Å²) < 4.78 is 22.7. The minimum absolute atomic E-state index is 0.192. The van der Waals surface area contributed by atoms with Gasteiger partial charge in [-0.2, -0.15) is 0 Å². The molecule has 0 aliphatic carbocycles. The van der Waals surface area contributed by atoms with Crippen LogP contribution < -0.4 is 10.6 Å². The zero-order valence-corrected chi connectivity index (χ0v) is 12.9. The molecule has 0 fully saturated rings. The first kappa shape index (κ1) is 16.0. The van der Waals surface area contributed by atoms with Crippen molar-refractivity contribution in [1.29, 1.82) is 0 Å². The summed E-state index contributed by atoms with van der Waals surface area (Å²) in [6.07, 6.45) is 2.13. The molecular formula is C14H24N2O2S. The third-order valence-corrected chi connectivity index (χ3v) is 4.49. The molecule has 1 unspecified atom stereocenters. The summed E-state index contributed by atoms with van der Waals surface area (Å²) in [7, 11) is -1.13. The monoisotopic (exact) mass is 284 g/mol. The molecule has 0 spiro atoms. The highest BCUT2D eigenvalue weighted by Gasteiger charge is 2.10. The van der Waals surface area contributed by atoms with Crippen LogP contribution in [-0.4, -0.2) is 34.3 Å². The smallest absolute Gasteiger partial charge is 0.175 e. The van der Waals surface area contributed by atoms with E-state index in [1.807, 2.05) is 19.2 Å². The second-order valence-corrected chi connectivity index (χ2v) is 7.40. The molecule has 0 saturated heterocycles. The molecule has 0 aliphatic rings. The normalized spacial score (nSPS) is 13.6. The Bertz CT molecular complexity index is 495. The summed E-state index contributed by atoms with van der Waals surface area (Å²) in [4.78, 5) is 2.44. The van der Waals surface area contributed by atoms with Gasteiger partial charge < -0.3 is 10.6 Å². The first-order valence-corrected chi connectivity index (χ1v) is 8.38. The van der Waals surface area contributed by atoms with Crippen LogP contribution in [0.2, 0.25) is 0 Å². The molecule has 0 bridgehead atoms. The molecule has 0 heterocycles. The third kappa shape index (κ3) is 4.84. The van der Waals surface area contributed by atoms with Crippen LogP contribution in [0.3, 0.4) is 0 Å². The van der Waals surface area contributed by atoms with E-state index in [9.17, 15) is 8.42 Å². The van der Waals surface area contributed by atoms with Crippen molar-refractivity contribution in [1.82, 2.24) is 0 Å². The van der Waals surface area contributed by atoms with Gasteiger partial charge in [-0.25, -0.2) is 8.42 Å². The van der Waals surface area contributed by atoms with E-state index in [1.54, 1.807) is 12.1 Å². The zero-order valence-electron chi connectivity index (χ0n) is 12.1. The minimum Gasteiger partial charge on any atom is -0.375 e. The summed E-state index contributed by atoms with van der Waals surface area (Å²) in [6.45, 7) is 5.09. The first-order valence-electron chi connectivity index (χ1n) is 6.48. The van der Waals surface area contributed by atoms with Crippen LogP contribution in [0, 0.1) is 5.92 Å². The number of rotatable bonds is 6. The molecule has 0 saturated carbocycles. The number of anilines is 1. The van der Waals surface area contributed by atoms with Crippen molar-refractivity contribution in [3.63, 3.8) is 0 Å². The topological polar surface area (TPSA) is 63.4 Å². The Morgan fingerprint density at radius 3 is 2.16 bits per heavy atom. The average molecular weight is 284 g/mol. The average Bonchev–Trinajstić information content (AvgIpc) is 2.34. The van der Waals surface area contributed by atoms with E-state index in [1.165, 1.54) is 6.26 Å². The van der Waals surface area contributed by atoms with Crippen molar-refractivity contribution in [3.8, 4) is 0 Å². The maximum atomic E-state index is 11.4. The molecule has 1 rings (SSSR count). The van der Waals surface area contributed by atoms with Gasteiger partial charge in [0.1, 0.15) is 0 Å². The predicted molar refractivity (Wildman–Crippen MR) is 80.3 cm³/mol. The third-order valence-electron chi connectivity index (χ3n) is 3.36. The van der Waals surface area contributed by atoms with Gasteiger partial charge >= 0.3 is 0 Å². The van der Waals surface area contributed by atoms with Gasteiger partial charge in [0.25, 0.3) is 0 Å². The van der Waals surface area contributed by atoms with E-state index < -0.39 is 9.84 Å². The lowest BCUT2D eigenvalue weighted by molar-refractivity contribution is 0.466. The standard InChI is InChI=1S/C14H24N2O2S/c1-11(2)14(15)9-10-16(3)12-5-7-13(8-6-12)19(4,17)18/h5-8,11,14H,9-10,15H2,1-4H3. The molecule has 4 nitrogen and oxygen atoms in total. The number of sulfone groups is 1. The van der Waals surface area contributed by atoms with Gasteiger partial charge in [-0.05, 0) is 36.6 Å². The lowest BCUT2D eigenvalue weighted by Crippen LogP contribution is -2.31. The molecule has 2 N–H and O–H groups in total. The number of benzene rings is 1. The van der Waals surface area contributed by atoms with Crippen LogP contribution >= 0.6 is 0 Å². The highest BCUT2D eigenvalue weighted by molar-refractivity contribution is 7.90. The molecule has 1 atom stereocenters. The highest BCUT2D eigenvalue weighted by atomic mass is 32.2. The van der Waals surface area contributed by atoms with Gasteiger partial charge in [0.05, 0.1) is 4.90 Å². The van der Waals surface area contributed by atoms with Gasteiger partial charge in [-0.15, -0.1) is 0 Å². The van der Waals surface area contributed by atoms with Gasteiger partial charge in [0.2, 0.25) is 0 Å². The Morgan fingerprint density at radius 1 is 1.21 bits per heavy atom. The number of nitrogens with two attached hydrogens (primary N) is 1. The Labute approximate surface area is 116 Å². The second kappa shape index (κ2) is 6.39. The molecule has 0 aliphatic heterocycles. The quantitative estimate of drug-likeness (QED) is 0.866. The lowest BCUT2D eigenvalue weighted by atomic mass is 10.0. The Hall–Kier alpha value is -1.07. The van der Waals surface area contributed by atoms with E-state index >= 15 is 0 Å². The number of nitrogens with zero attached hydrogens (tertiary/aromatic N) is 1. The molecule has 0 radical (unpaired) electrons. The summed E-state index contributed by atoms with van der Waals surface area (Å²) >= 11 is 0. The maximum absolute atomic E-state index is 11.4. The number of hydrogen-bond acceptors (Lipinski definition) is 4. The molecule has 1 aromatic carbocycles. The predicted octanol–water partition coefficient (Wildman–Crippen LogP) is 1.90. The first-order chi connectivity index (χ1) is 8.71. The summed E-state index contributed by atoms with van der Waals surface area (Å²) in [5, 5.41) is 0. The molecule has 0 amide bonds. The Morgan fingerprint density at radius 2 is 1.74 bits per heavy atom. The largest absolute Gasteiger partial charge is 0.375 e. The van der Waals surface area contributed by atoms with E-state index in [-0.39, 0.29) is 6.04 Å². The minimum atomic E-state index is -3.12. The van der Waals surface area contributed by atoms with Crippen LogP contribution in [0.15, 0.2) is 29.2 Å². The van der Waals surface area contributed by atoms with Crippen LogP contribution in [0.4, 0.5) is 5.69 Å². The Balaban J connectivity index is 2.66. The van der Waals surface area contributed by atoms with Crippen LogP contribution in [0.25, 0.3) is 0 Å². The van der Waals surface area contributed by atoms with Gasteiger partial charge in [0, 0.05) is 31.6 Å². The number of hydrogen-bond donors (Lipinski definition) is 1. The lowest BCUT2D eigenvalue weighted by Gasteiger charge is -2.23. The van der Waals surface area contributed by atoms with Crippen LogP contribution in [0.1, 0.15) is 20.3 Å². The second-order valence-electron chi connectivity index (χ2n) is 5.38. The SMILES string of the molecule is CC(C)C(N)CCN(C)c1ccc(S(C)(=O)=O)cc1. The molecule has 5 heteroatoms. The van der Waals surface area contributed by atoms with Crippen molar-refractivity contribution in [3.05, 3.63) is 24.3 Å². The molecule has 19 heavy (non-hydrogen) atoms. The fourth-order valence-electron chi connectivity index (χ4n) is 1.75. The molecular weight excluding hydrogens is 260 g/mol. The highest BCUT2D eigenvalue weighted by Crippen LogP contribution is 2.17. The van der Waals surface area contributed by atoms with Crippen molar-refractivity contribution in [2.24, 2.45) is 11.7 Å². The van der Waals surface area contributed by atoms with Gasteiger partial charge in [-0.3, -0.25) is 0 Å². The van der Waals surface area contributed by atoms with E-state index in [0.717, 1.165) is 18.7 Å². The summed E-state index contributed by atoms with van der Waals surface area (Å²) in [6, 6.07) is 7.14. The van der Waals surface area contributed by atoms with Crippen molar-refractivity contribution < 1.29 is 8.42 Å². The van der Waals surface area contributed by atoms with Crippen molar-refractivity contribution in [2.75, 3.05) is 24.7 Å². The Kier molecular flexibility index (Phi) is 5.38. The zero-order chi connectivity index (χ0) is 14.6. The molecule has 1 aromatic rings. The van der Waals surface area contributed by atoms with Crippen LogP contribution in [-0.2, 0) is 9.84 Å². The van der Waals surface area contributed by atoms with Crippen molar-refractivity contribution >= 4 is 15.5 Å². The summed E-state index contributed by atoms with van der Waals surface area (Å²) in [5.41, 5.74) is 7.02. The van der Waals surface area contributed by atoms with E-state index in [4.69, 9.17) is 5.73 Å². The van der Waals surface area contributed by atoms with Gasteiger partial charge in [-0.1, -0.05) is 13.8 Å². The fourth-order valence-corrected chi connectivity index (χ4v) is 2.38. The van der Waals surface area contributed by atoms with E-state index in [2.05, 4.69) is 18.7 Å². The van der Waals surface area contributed by atoms with Crippen molar-refractivity contribution in [2.45, 2.75) is 31.2 Å². The maximum Gasteiger partial charge on any atom is 0.175 e. The molecule has 0 aromatic heterocycles.